The van der Waals surface area contributed by atoms with E-state index in [1.807, 2.05) is 44.7 Å². The molecule has 1 unspecified atom stereocenters. The maximum Gasteiger partial charge on any atom is 0.243 e. The summed E-state index contributed by atoms with van der Waals surface area (Å²) in [5.41, 5.74) is 4.47. The molecular weight excluding hydrogens is 451 g/mol. The van der Waals surface area contributed by atoms with E-state index >= 15 is 0 Å². The van der Waals surface area contributed by atoms with Gasteiger partial charge in [0.2, 0.25) is 15.9 Å². The van der Waals surface area contributed by atoms with Crippen LogP contribution in [0.25, 0.3) is 0 Å². The highest BCUT2D eigenvalue weighted by atomic mass is 32.2. The lowest BCUT2D eigenvalue weighted by Crippen LogP contribution is -2.46. The van der Waals surface area contributed by atoms with E-state index in [0.29, 0.717) is 37.2 Å². The molecular formula is C27H35FN2O3S. The van der Waals surface area contributed by atoms with Gasteiger partial charge in [0.25, 0.3) is 0 Å². The normalized spacial score (nSPS) is 20.1. The van der Waals surface area contributed by atoms with Gasteiger partial charge in [0.1, 0.15) is 5.82 Å². The van der Waals surface area contributed by atoms with Gasteiger partial charge in [-0.1, -0.05) is 18.2 Å². The highest BCUT2D eigenvalue weighted by molar-refractivity contribution is 7.89. The molecule has 184 valence electrons. The van der Waals surface area contributed by atoms with Crippen LogP contribution >= 0.6 is 0 Å². The minimum atomic E-state index is -3.62. The van der Waals surface area contributed by atoms with Crippen LogP contribution in [-0.4, -0.2) is 49.2 Å². The first-order valence-electron chi connectivity index (χ1n) is 12.2. The minimum absolute atomic E-state index is 0.0802. The topological polar surface area (TPSA) is 57.7 Å². The molecule has 2 aliphatic rings. The third-order valence-electron chi connectivity index (χ3n) is 7.72. The van der Waals surface area contributed by atoms with E-state index in [9.17, 15) is 17.6 Å². The molecule has 1 atom stereocenters. The number of hydrogen-bond acceptors (Lipinski definition) is 3. The zero-order valence-corrected chi connectivity index (χ0v) is 21.4. The number of carbonyl (C=O) groups is 1. The molecule has 0 saturated carbocycles. The summed E-state index contributed by atoms with van der Waals surface area (Å²) in [6.45, 7) is 9.07. The minimum Gasteiger partial charge on any atom is -0.339 e. The number of benzene rings is 2. The van der Waals surface area contributed by atoms with Crippen molar-refractivity contribution in [2.24, 2.45) is 5.92 Å². The Morgan fingerprint density at radius 2 is 1.62 bits per heavy atom. The van der Waals surface area contributed by atoms with Crippen molar-refractivity contribution in [3.8, 4) is 0 Å². The van der Waals surface area contributed by atoms with Gasteiger partial charge in [-0.15, -0.1) is 0 Å². The third-order valence-corrected chi connectivity index (χ3v) is 9.89. The third kappa shape index (κ3) is 4.78. The quantitative estimate of drug-likeness (QED) is 0.616. The molecule has 2 aromatic rings. The SMILES string of the molecule is Cc1cc(C)c(C)c(S(=O)(=O)N2CCC(C(=O)N3CCCC3Cc3cccc(F)c3)CC2)c1C. The fourth-order valence-electron chi connectivity index (χ4n) is 5.55. The molecule has 4 rings (SSSR count). The fraction of sp³-hybridized carbons (Fsp3) is 0.519. The number of likely N-dealkylation sites (tertiary alicyclic amines) is 1. The summed E-state index contributed by atoms with van der Waals surface area (Å²) in [6.07, 6.45) is 3.58. The van der Waals surface area contributed by atoms with E-state index < -0.39 is 10.0 Å². The van der Waals surface area contributed by atoms with Gasteiger partial charge < -0.3 is 4.90 Å². The van der Waals surface area contributed by atoms with Gasteiger partial charge in [-0.05, 0) is 99.7 Å². The maximum atomic E-state index is 13.6. The second-order valence-corrected chi connectivity index (χ2v) is 11.8. The van der Waals surface area contributed by atoms with E-state index in [4.69, 9.17) is 0 Å². The van der Waals surface area contributed by atoms with Gasteiger partial charge in [-0.3, -0.25) is 4.79 Å². The monoisotopic (exact) mass is 486 g/mol. The van der Waals surface area contributed by atoms with Crippen molar-refractivity contribution in [3.05, 3.63) is 64.0 Å². The molecule has 1 amide bonds. The summed E-state index contributed by atoms with van der Waals surface area (Å²) in [6, 6.07) is 8.71. The Morgan fingerprint density at radius 3 is 2.24 bits per heavy atom. The molecule has 0 radical (unpaired) electrons. The van der Waals surface area contributed by atoms with Gasteiger partial charge in [0.15, 0.2) is 0 Å². The summed E-state index contributed by atoms with van der Waals surface area (Å²) in [4.78, 5) is 15.8. The van der Waals surface area contributed by atoms with Crippen molar-refractivity contribution >= 4 is 15.9 Å². The molecule has 0 spiro atoms. The highest BCUT2D eigenvalue weighted by Gasteiger charge is 2.38. The number of sulfonamides is 1. The van der Waals surface area contributed by atoms with Crippen LogP contribution in [0.3, 0.4) is 0 Å². The van der Waals surface area contributed by atoms with Crippen LogP contribution in [0.4, 0.5) is 4.39 Å². The first kappa shape index (κ1) is 24.9. The smallest absolute Gasteiger partial charge is 0.243 e. The Labute approximate surface area is 203 Å². The van der Waals surface area contributed by atoms with Crippen molar-refractivity contribution in [1.29, 1.82) is 0 Å². The van der Waals surface area contributed by atoms with Gasteiger partial charge in [0, 0.05) is 31.6 Å². The molecule has 0 aromatic heterocycles. The number of aryl methyl sites for hydroxylation is 2. The average molecular weight is 487 g/mol. The van der Waals surface area contributed by atoms with Gasteiger partial charge in [0.05, 0.1) is 4.90 Å². The van der Waals surface area contributed by atoms with Gasteiger partial charge >= 0.3 is 0 Å². The van der Waals surface area contributed by atoms with Crippen LogP contribution in [0.15, 0.2) is 35.2 Å². The average Bonchev–Trinajstić information content (AvgIpc) is 3.25. The number of halogens is 1. The molecule has 2 aromatic carbocycles. The van der Waals surface area contributed by atoms with Crippen LogP contribution in [0, 0.1) is 39.4 Å². The Bertz CT molecular complexity index is 1160. The summed E-state index contributed by atoms with van der Waals surface area (Å²) >= 11 is 0. The number of carbonyl (C=O) groups excluding carboxylic acids is 1. The Hall–Kier alpha value is -2.25. The van der Waals surface area contributed by atoms with Crippen molar-refractivity contribution < 1.29 is 17.6 Å². The van der Waals surface area contributed by atoms with E-state index in [-0.39, 0.29) is 23.7 Å². The fourth-order valence-corrected chi connectivity index (χ4v) is 7.59. The number of piperidine rings is 1. The van der Waals surface area contributed by atoms with Crippen LogP contribution < -0.4 is 0 Å². The molecule has 0 N–H and O–H groups in total. The molecule has 5 nitrogen and oxygen atoms in total. The second kappa shape index (κ2) is 9.78. The lowest BCUT2D eigenvalue weighted by atomic mass is 9.95. The lowest BCUT2D eigenvalue weighted by Gasteiger charge is -2.35. The zero-order valence-electron chi connectivity index (χ0n) is 20.6. The predicted octanol–water partition coefficient (Wildman–Crippen LogP) is 4.69. The first-order valence-corrected chi connectivity index (χ1v) is 13.7. The first-order chi connectivity index (χ1) is 16.1. The van der Waals surface area contributed by atoms with Crippen LogP contribution in [0.5, 0.6) is 0 Å². The van der Waals surface area contributed by atoms with Gasteiger partial charge in [-0.2, -0.15) is 4.31 Å². The van der Waals surface area contributed by atoms with Crippen molar-refractivity contribution in [2.75, 3.05) is 19.6 Å². The summed E-state index contributed by atoms with van der Waals surface area (Å²) in [7, 11) is -3.62. The molecule has 0 bridgehead atoms. The Balaban J connectivity index is 1.44. The van der Waals surface area contributed by atoms with E-state index in [1.165, 1.54) is 6.07 Å². The number of rotatable bonds is 5. The second-order valence-electron chi connectivity index (χ2n) is 9.93. The lowest BCUT2D eigenvalue weighted by molar-refractivity contribution is -0.137. The largest absolute Gasteiger partial charge is 0.339 e. The molecule has 2 aliphatic heterocycles. The van der Waals surface area contributed by atoms with Crippen molar-refractivity contribution in [1.82, 2.24) is 9.21 Å². The van der Waals surface area contributed by atoms with E-state index in [1.54, 1.807) is 16.4 Å². The molecule has 0 aliphatic carbocycles. The molecule has 2 saturated heterocycles. The molecule has 34 heavy (non-hydrogen) atoms. The summed E-state index contributed by atoms with van der Waals surface area (Å²) in [5, 5.41) is 0. The highest BCUT2D eigenvalue weighted by Crippen LogP contribution is 2.32. The molecule has 7 heteroatoms. The van der Waals surface area contributed by atoms with Crippen LogP contribution in [0.1, 0.15) is 53.5 Å². The van der Waals surface area contributed by atoms with E-state index in [2.05, 4.69) is 0 Å². The summed E-state index contributed by atoms with van der Waals surface area (Å²) in [5.74, 6) is -0.299. The van der Waals surface area contributed by atoms with Gasteiger partial charge in [-0.25, -0.2) is 12.8 Å². The Kier molecular flexibility index (Phi) is 7.15. The van der Waals surface area contributed by atoms with Crippen molar-refractivity contribution in [2.45, 2.75) is 70.7 Å². The Morgan fingerprint density at radius 1 is 0.971 bits per heavy atom. The molecule has 2 fully saturated rings. The zero-order chi connectivity index (χ0) is 24.6. The summed E-state index contributed by atoms with van der Waals surface area (Å²) < 4.78 is 42.3. The molecule has 2 heterocycles. The maximum absolute atomic E-state index is 13.6. The van der Waals surface area contributed by atoms with Crippen LogP contribution in [0.2, 0.25) is 0 Å². The number of hydrogen-bond donors (Lipinski definition) is 0. The predicted molar refractivity (Wildman–Crippen MR) is 132 cm³/mol. The standard InChI is InChI=1S/C27H35FN2O3S/c1-18-15-19(2)21(4)26(20(18)3)34(32,33)29-13-10-23(11-14-29)27(31)30-12-6-9-25(30)17-22-7-5-8-24(28)16-22/h5,7-8,15-16,23,25H,6,9-14,17H2,1-4H3. The van der Waals surface area contributed by atoms with Crippen LogP contribution in [-0.2, 0) is 21.2 Å². The number of nitrogens with zero attached hydrogens (tertiary/aromatic N) is 2. The van der Waals surface area contributed by atoms with Crippen molar-refractivity contribution in [3.63, 3.8) is 0 Å². The number of amides is 1. The van der Waals surface area contributed by atoms with E-state index in [0.717, 1.165) is 47.2 Å².